The lowest BCUT2D eigenvalue weighted by atomic mass is 9.71. The van der Waals surface area contributed by atoms with Gasteiger partial charge in [-0.1, -0.05) is 103 Å². The van der Waals surface area contributed by atoms with Crippen molar-refractivity contribution in [3.63, 3.8) is 0 Å². The van der Waals surface area contributed by atoms with Crippen molar-refractivity contribution in [3.05, 3.63) is 109 Å². The van der Waals surface area contributed by atoms with Crippen LogP contribution in [0.4, 0.5) is 0 Å². The summed E-state index contributed by atoms with van der Waals surface area (Å²) >= 11 is 0. The van der Waals surface area contributed by atoms with E-state index < -0.39 is 18.3 Å². The minimum absolute atomic E-state index is 0.265. The zero-order chi connectivity index (χ0) is 28.8. The molecule has 0 unspecified atom stereocenters. The molecular weight excluding hydrogens is 515 g/mol. The van der Waals surface area contributed by atoms with Gasteiger partial charge in [-0.3, -0.25) is 0 Å². The lowest BCUT2D eigenvalue weighted by Gasteiger charge is -2.32. The molecule has 4 heteroatoms. The first-order valence-corrected chi connectivity index (χ1v) is 14.6. The van der Waals surface area contributed by atoms with Gasteiger partial charge in [0.15, 0.2) is 0 Å². The van der Waals surface area contributed by atoms with Gasteiger partial charge in [-0.05, 0) is 87.7 Å². The molecule has 7 aromatic rings. The zero-order valence-electron chi connectivity index (χ0n) is 24.2. The zero-order valence-corrected chi connectivity index (χ0v) is 24.2. The van der Waals surface area contributed by atoms with Crippen LogP contribution in [0.2, 0.25) is 0 Å². The van der Waals surface area contributed by atoms with Crippen molar-refractivity contribution in [2.45, 2.75) is 38.9 Å². The number of aromatic hydroxyl groups is 1. The lowest BCUT2D eigenvalue weighted by Crippen LogP contribution is -2.41. The first kappa shape index (κ1) is 25.3. The van der Waals surface area contributed by atoms with E-state index in [4.69, 9.17) is 9.31 Å². The normalized spacial score (nSPS) is 16.3. The molecule has 1 fully saturated rings. The van der Waals surface area contributed by atoms with E-state index in [0.717, 1.165) is 54.3 Å². The van der Waals surface area contributed by atoms with Crippen LogP contribution in [0.5, 0.6) is 5.75 Å². The summed E-state index contributed by atoms with van der Waals surface area (Å²) in [6, 6.07) is 37.9. The van der Waals surface area contributed by atoms with Gasteiger partial charge in [-0.15, -0.1) is 0 Å². The first-order valence-electron chi connectivity index (χ1n) is 14.6. The Morgan fingerprint density at radius 2 is 0.833 bits per heavy atom. The fourth-order valence-electron chi connectivity index (χ4n) is 6.88. The second-order valence-corrected chi connectivity index (χ2v) is 12.4. The second-order valence-electron chi connectivity index (χ2n) is 12.4. The van der Waals surface area contributed by atoms with Crippen molar-refractivity contribution in [3.8, 4) is 16.9 Å². The molecule has 0 amide bonds. The number of phenols is 1. The maximum Gasteiger partial charge on any atom is 0.496 e. The van der Waals surface area contributed by atoms with Gasteiger partial charge < -0.3 is 14.4 Å². The van der Waals surface area contributed by atoms with Crippen molar-refractivity contribution in [1.82, 2.24) is 0 Å². The third-order valence-electron chi connectivity index (χ3n) is 9.60. The molecule has 3 nitrogen and oxygen atoms in total. The molecule has 7 aromatic carbocycles. The molecule has 0 spiro atoms. The molecule has 8 rings (SSSR count). The Hall–Kier alpha value is -4.38. The van der Waals surface area contributed by atoms with Gasteiger partial charge in [0.25, 0.3) is 0 Å². The predicted octanol–water partition coefficient (Wildman–Crippen LogP) is 9.12. The summed E-state index contributed by atoms with van der Waals surface area (Å²) in [7, 11) is -0.523. The highest BCUT2D eigenvalue weighted by atomic mass is 16.7. The molecule has 0 atom stereocenters. The van der Waals surface area contributed by atoms with Gasteiger partial charge in [0.2, 0.25) is 0 Å². The van der Waals surface area contributed by atoms with Gasteiger partial charge in [-0.25, -0.2) is 0 Å². The van der Waals surface area contributed by atoms with Crippen molar-refractivity contribution < 1.29 is 14.4 Å². The minimum Gasteiger partial charge on any atom is -0.507 e. The summed E-state index contributed by atoms with van der Waals surface area (Å²) in [6.45, 7) is 8.37. The van der Waals surface area contributed by atoms with Gasteiger partial charge in [0, 0.05) is 16.5 Å². The standard InChI is InChI=1S/C38H31BO3/c1-37(2)38(3,4)42-39(41-37)36-30-19-11-9-17-27(30)34(28-18-10-12-20-31(28)36)35-32(40)22-21-29-25-15-6-5-13-23(25)24-14-7-8-16-26(24)33(29)35/h5-22,40H,1-4H3. The average molecular weight is 546 g/mol. The molecule has 0 aromatic heterocycles. The molecule has 1 aliphatic rings. The monoisotopic (exact) mass is 546 g/mol. The first-order chi connectivity index (χ1) is 20.3. The van der Waals surface area contributed by atoms with Crippen LogP contribution in [0.15, 0.2) is 109 Å². The maximum absolute atomic E-state index is 11.8. The average Bonchev–Trinajstić information content (AvgIpc) is 3.21. The predicted molar refractivity (Wildman–Crippen MR) is 177 cm³/mol. The fraction of sp³-hybridized carbons (Fsp3) is 0.158. The summed E-state index contributed by atoms with van der Waals surface area (Å²) in [5, 5.41) is 22.9. The van der Waals surface area contributed by atoms with Crippen LogP contribution in [0.1, 0.15) is 27.7 Å². The SMILES string of the molecule is CC1(C)OB(c2c3ccccc3c(-c3c(O)ccc4c5ccccc5c5ccccc5c34)c3ccccc23)OC1(C)C. The van der Waals surface area contributed by atoms with Crippen molar-refractivity contribution in [2.24, 2.45) is 0 Å². The van der Waals surface area contributed by atoms with Gasteiger partial charge in [0.05, 0.1) is 11.2 Å². The van der Waals surface area contributed by atoms with Crippen LogP contribution in [-0.4, -0.2) is 23.4 Å². The van der Waals surface area contributed by atoms with E-state index in [1.165, 1.54) is 16.2 Å². The molecule has 204 valence electrons. The van der Waals surface area contributed by atoms with Crippen LogP contribution in [0.25, 0.3) is 65.0 Å². The Balaban J connectivity index is 1.56. The minimum atomic E-state index is -0.523. The van der Waals surface area contributed by atoms with E-state index in [1.54, 1.807) is 0 Å². The van der Waals surface area contributed by atoms with E-state index >= 15 is 0 Å². The molecule has 0 bridgehead atoms. The Morgan fingerprint density at radius 3 is 1.33 bits per heavy atom. The smallest absolute Gasteiger partial charge is 0.496 e. The van der Waals surface area contributed by atoms with Crippen LogP contribution in [0.3, 0.4) is 0 Å². The van der Waals surface area contributed by atoms with E-state index in [-0.39, 0.29) is 5.75 Å². The van der Waals surface area contributed by atoms with Gasteiger partial charge in [0.1, 0.15) is 5.75 Å². The summed E-state index contributed by atoms with van der Waals surface area (Å²) in [5.41, 5.74) is 1.96. The number of hydrogen-bond acceptors (Lipinski definition) is 3. The lowest BCUT2D eigenvalue weighted by molar-refractivity contribution is 0.00578. The number of hydrogen-bond donors (Lipinski definition) is 1. The molecule has 1 aliphatic heterocycles. The fourth-order valence-corrected chi connectivity index (χ4v) is 6.88. The van der Waals surface area contributed by atoms with Crippen molar-refractivity contribution >= 4 is 66.4 Å². The highest BCUT2D eigenvalue weighted by Crippen LogP contribution is 2.48. The van der Waals surface area contributed by atoms with Crippen LogP contribution >= 0.6 is 0 Å². The number of benzene rings is 7. The van der Waals surface area contributed by atoms with E-state index in [0.29, 0.717) is 0 Å². The molecule has 1 N–H and O–H groups in total. The third kappa shape index (κ3) is 3.43. The molecule has 1 saturated heterocycles. The molecular formula is C38H31BO3. The molecule has 0 aliphatic carbocycles. The quantitative estimate of drug-likeness (QED) is 0.134. The molecule has 0 saturated carbocycles. The van der Waals surface area contributed by atoms with Crippen molar-refractivity contribution in [1.29, 1.82) is 0 Å². The number of rotatable bonds is 2. The summed E-state index contributed by atoms with van der Waals surface area (Å²) in [4.78, 5) is 0. The van der Waals surface area contributed by atoms with E-state index in [2.05, 4.69) is 131 Å². The van der Waals surface area contributed by atoms with Gasteiger partial charge in [-0.2, -0.15) is 0 Å². The number of phenolic OH excluding ortho intramolecular Hbond substituents is 1. The van der Waals surface area contributed by atoms with E-state index in [9.17, 15) is 5.11 Å². The van der Waals surface area contributed by atoms with Crippen LogP contribution < -0.4 is 5.46 Å². The largest absolute Gasteiger partial charge is 0.507 e. The maximum atomic E-state index is 11.8. The van der Waals surface area contributed by atoms with Crippen LogP contribution in [0, 0.1) is 0 Å². The Kier molecular flexibility index (Phi) is 5.32. The summed E-state index contributed by atoms with van der Waals surface area (Å²) in [6.07, 6.45) is 0. The molecule has 0 radical (unpaired) electrons. The number of fused-ring (bicyclic) bond motifs is 8. The second kappa shape index (κ2) is 8.81. The Morgan fingerprint density at radius 1 is 0.452 bits per heavy atom. The Labute approximate surface area is 245 Å². The summed E-state index contributed by atoms with van der Waals surface area (Å²) < 4.78 is 13.3. The molecule has 42 heavy (non-hydrogen) atoms. The topological polar surface area (TPSA) is 38.7 Å². The van der Waals surface area contributed by atoms with Crippen molar-refractivity contribution in [2.75, 3.05) is 0 Å². The van der Waals surface area contributed by atoms with Crippen LogP contribution in [-0.2, 0) is 9.31 Å². The highest BCUT2D eigenvalue weighted by Gasteiger charge is 2.52. The molecule has 1 heterocycles. The third-order valence-corrected chi connectivity index (χ3v) is 9.60. The van der Waals surface area contributed by atoms with E-state index in [1.807, 2.05) is 6.07 Å². The van der Waals surface area contributed by atoms with Gasteiger partial charge >= 0.3 is 7.12 Å². The highest BCUT2D eigenvalue weighted by molar-refractivity contribution is 6.69. The Bertz CT molecular complexity index is 2120. The summed E-state index contributed by atoms with van der Waals surface area (Å²) in [5.74, 6) is 0.265.